The third kappa shape index (κ3) is 6.71. The number of hydrogen-bond donors (Lipinski definition) is 2. The van der Waals surface area contributed by atoms with E-state index in [0.29, 0.717) is 25.8 Å². The second-order valence-electron chi connectivity index (χ2n) is 9.43. The summed E-state index contributed by atoms with van der Waals surface area (Å²) in [5, 5.41) is 10.2. The van der Waals surface area contributed by atoms with Crippen molar-refractivity contribution in [1.29, 1.82) is 0 Å². The Kier molecular flexibility index (Phi) is 7.69. The molecule has 0 aliphatic carbocycles. The van der Waals surface area contributed by atoms with E-state index in [0.717, 1.165) is 16.7 Å². The van der Waals surface area contributed by atoms with E-state index >= 15 is 0 Å². The Balaban J connectivity index is 1.93. The van der Waals surface area contributed by atoms with Crippen LogP contribution < -0.4 is 4.72 Å². The minimum absolute atomic E-state index is 0.0224. The Morgan fingerprint density at radius 3 is 2.58 bits per heavy atom. The van der Waals surface area contributed by atoms with Gasteiger partial charge in [-0.3, -0.25) is 0 Å². The molecule has 2 N–H and O–H groups in total. The molecule has 0 saturated carbocycles. The Bertz CT molecular complexity index is 1080. The molecule has 1 heterocycles. The lowest BCUT2D eigenvalue weighted by Gasteiger charge is -2.42. The monoisotopic (exact) mass is 474 g/mol. The number of nitrogens with one attached hydrogen (secondary N) is 1. The fourth-order valence-corrected chi connectivity index (χ4v) is 5.04. The molecule has 33 heavy (non-hydrogen) atoms. The molecule has 1 aliphatic rings. The Hall–Kier alpha value is -2.58. The van der Waals surface area contributed by atoms with Crippen molar-refractivity contribution in [2.45, 2.75) is 64.6 Å². The second-order valence-corrected chi connectivity index (χ2v) is 11.5. The van der Waals surface area contributed by atoms with Crippen molar-refractivity contribution in [3.05, 3.63) is 54.1 Å². The molecule has 2 aromatic carbocycles. The number of sulfonamides is 1. The normalized spacial score (nSPS) is 19.3. The smallest absolute Gasteiger partial charge is 0.410 e. The number of phenols is 1. The summed E-state index contributed by atoms with van der Waals surface area (Å²) >= 11 is 0. The first-order valence-corrected chi connectivity index (χ1v) is 13.0. The molecule has 7 nitrogen and oxygen atoms in total. The molecule has 0 radical (unpaired) electrons. The van der Waals surface area contributed by atoms with Gasteiger partial charge in [0, 0.05) is 18.2 Å². The summed E-state index contributed by atoms with van der Waals surface area (Å²) < 4.78 is 33.2. The Morgan fingerprint density at radius 2 is 1.91 bits per heavy atom. The van der Waals surface area contributed by atoms with E-state index in [2.05, 4.69) is 4.72 Å². The molecule has 3 rings (SSSR count). The average Bonchev–Trinajstić information content (AvgIpc) is 2.74. The predicted molar refractivity (Wildman–Crippen MR) is 130 cm³/mol. The van der Waals surface area contributed by atoms with Crippen molar-refractivity contribution in [3.8, 4) is 16.9 Å². The quantitative estimate of drug-likeness (QED) is 0.650. The van der Waals surface area contributed by atoms with E-state index in [-0.39, 0.29) is 11.5 Å². The van der Waals surface area contributed by atoms with Gasteiger partial charge in [-0.05, 0) is 64.2 Å². The lowest BCUT2D eigenvalue weighted by molar-refractivity contribution is 0.00592. The highest BCUT2D eigenvalue weighted by Gasteiger charge is 2.38. The van der Waals surface area contributed by atoms with Crippen molar-refractivity contribution in [2.24, 2.45) is 0 Å². The van der Waals surface area contributed by atoms with Gasteiger partial charge >= 0.3 is 6.09 Å². The summed E-state index contributed by atoms with van der Waals surface area (Å²) in [7, 11) is -3.45. The number of carbonyl (C=O) groups excluding carboxylic acids is 1. The number of piperidine rings is 1. The molecule has 1 aliphatic heterocycles. The minimum atomic E-state index is -3.45. The standard InChI is InChI=1S/C25H34N2O5S/c1-5-33(30,31)26-21-13-9-15-27(24(29)32-25(2,3)4)22(21)17-18-10-8-11-19(16-18)20-12-6-7-14-23(20)28/h6-8,10-12,14,16,21-22,26,28H,5,9,13,15,17H2,1-4H3. The third-order valence-corrected chi connectivity index (χ3v) is 7.13. The molecule has 2 aromatic rings. The summed E-state index contributed by atoms with van der Waals surface area (Å²) in [6.45, 7) is 7.55. The largest absolute Gasteiger partial charge is 0.507 e. The van der Waals surface area contributed by atoms with Gasteiger partial charge in [-0.2, -0.15) is 0 Å². The summed E-state index contributed by atoms with van der Waals surface area (Å²) in [5.41, 5.74) is 1.87. The van der Waals surface area contributed by atoms with E-state index in [1.54, 1.807) is 24.0 Å². The molecular formula is C25H34N2O5S. The van der Waals surface area contributed by atoms with Gasteiger partial charge in [-0.25, -0.2) is 17.9 Å². The molecular weight excluding hydrogens is 440 g/mol. The van der Waals surface area contributed by atoms with Crippen LogP contribution >= 0.6 is 0 Å². The molecule has 1 saturated heterocycles. The maximum Gasteiger partial charge on any atom is 0.410 e. The summed E-state index contributed by atoms with van der Waals surface area (Å²) in [6, 6.07) is 14.1. The second kappa shape index (κ2) is 10.1. The lowest BCUT2D eigenvalue weighted by atomic mass is 9.90. The van der Waals surface area contributed by atoms with Crippen molar-refractivity contribution in [3.63, 3.8) is 0 Å². The molecule has 180 valence electrons. The van der Waals surface area contributed by atoms with E-state index < -0.39 is 33.8 Å². The average molecular weight is 475 g/mol. The van der Waals surface area contributed by atoms with Crippen molar-refractivity contribution in [2.75, 3.05) is 12.3 Å². The number of rotatable bonds is 6. The first-order valence-electron chi connectivity index (χ1n) is 11.4. The summed E-state index contributed by atoms with van der Waals surface area (Å²) in [4.78, 5) is 14.7. The SMILES string of the molecule is CCS(=O)(=O)NC1CCCN(C(=O)OC(C)(C)C)C1Cc1cccc(-c2ccccc2O)c1. The maximum absolute atomic E-state index is 13.0. The highest BCUT2D eigenvalue weighted by molar-refractivity contribution is 7.89. The van der Waals surface area contributed by atoms with Gasteiger partial charge < -0.3 is 14.7 Å². The topological polar surface area (TPSA) is 95.9 Å². The highest BCUT2D eigenvalue weighted by atomic mass is 32.2. The first kappa shape index (κ1) is 25.1. The van der Waals surface area contributed by atoms with Crippen LogP contribution in [0.4, 0.5) is 4.79 Å². The fourth-order valence-electron chi connectivity index (χ4n) is 4.13. The van der Waals surface area contributed by atoms with Gasteiger partial charge in [-0.15, -0.1) is 0 Å². The van der Waals surface area contributed by atoms with Crippen molar-refractivity contribution >= 4 is 16.1 Å². The van der Waals surface area contributed by atoms with Crippen LogP contribution in [0.2, 0.25) is 0 Å². The molecule has 1 amide bonds. The first-order chi connectivity index (χ1) is 15.5. The number of benzene rings is 2. The van der Waals surface area contributed by atoms with Gasteiger partial charge in [-0.1, -0.05) is 42.5 Å². The number of nitrogens with zero attached hydrogens (tertiary/aromatic N) is 1. The van der Waals surface area contributed by atoms with Crippen LogP contribution in [0.1, 0.15) is 46.1 Å². The number of amides is 1. The van der Waals surface area contributed by atoms with Crippen LogP contribution in [-0.4, -0.2) is 54.5 Å². The number of phenolic OH excluding ortho intramolecular Hbond substituents is 1. The zero-order valence-corrected chi connectivity index (χ0v) is 20.6. The predicted octanol–water partition coefficient (Wildman–Crippen LogP) is 4.31. The van der Waals surface area contributed by atoms with E-state index in [9.17, 15) is 18.3 Å². The van der Waals surface area contributed by atoms with Crippen LogP contribution in [0.3, 0.4) is 0 Å². The van der Waals surface area contributed by atoms with Crippen LogP contribution in [0.15, 0.2) is 48.5 Å². The molecule has 1 fully saturated rings. The third-order valence-electron chi connectivity index (χ3n) is 5.70. The highest BCUT2D eigenvalue weighted by Crippen LogP contribution is 2.30. The van der Waals surface area contributed by atoms with Crippen molar-refractivity contribution in [1.82, 2.24) is 9.62 Å². The van der Waals surface area contributed by atoms with Crippen molar-refractivity contribution < 1.29 is 23.1 Å². The number of para-hydroxylation sites is 1. The number of ether oxygens (including phenoxy) is 1. The number of likely N-dealkylation sites (tertiary alicyclic amines) is 1. The number of hydrogen-bond acceptors (Lipinski definition) is 5. The Morgan fingerprint density at radius 1 is 1.18 bits per heavy atom. The van der Waals surface area contributed by atoms with Gasteiger partial charge in [0.1, 0.15) is 11.4 Å². The summed E-state index contributed by atoms with van der Waals surface area (Å²) in [6.07, 6.45) is 1.34. The fraction of sp³-hybridized carbons (Fsp3) is 0.480. The van der Waals surface area contributed by atoms with Crippen LogP contribution in [0.5, 0.6) is 5.75 Å². The minimum Gasteiger partial charge on any atom is -0.507 e. The van der Waals surface area contributed by atoms with E-state index in [1.165, 1.54) is 0 Å². The summed E-state index contributed by atoms with van der Waals surface area (Å²) in [5.74, 6) is 0.169. The zero-order valence-electron chi connectivity index (χ0n) is 19.7. The van der Waals surface area contributed by atoms with Gasteiger partial charge in [0.25, 0.3) is 0 Å². The van der Waals surface area contributed by atoms with E-state index in [1.807, 2.05) is 57.2 Å². The molecule has 2 unspecified atom stereocenters. The Labute approximate surface area is 196 Å². The molecule has 8 heteroatoms. The van der Waals surface area contributed by atoms with E-state index in [4.69, 9.17) is 4.74 Å². The number of aromatic hydroxyl groups is 1. The maximum atomic E-state index is 13.0. The number of carbonyl (C=O) groups is 1. The van der Waals surface area contributed by atoms with Gasteiger partial charge in [0.05, 0.1) is 11.8 Å². The van der Waals surface area contributed by atoms with Crippen LogP contribution in [-0.2, 0) is 21.2 Å². The molecule has 0 bridgehead atoms. The van der Waals surface area contributed by atoms with Gasteiger partial charge in [0.15, 0.2) is 0 Å². The van der Waals surface area contributed by atoms with Crippen LogP contribution in [0.25, 0.3) is 11.1 Å². The van der Waals surface area contributed by atoms with Gasteiger partial charge in [0.2, 0.25) is 10.0 Å². The molecule has 0 spiro atoms. The lowest BCUT2D eigenvalue weighted by Crippen LogP contribution is -2.58. The van der Waals surface area contributed by atoms with Crippen LogP contribution in [0, 0.1) is 0 Å². The molecule has 0 aromatic heterocycles. The molecule has 2 atom stereocenters. The zero-order chi connectivity index (χ0) is 24.2.